The normalized spacial score (nSPS) is 12.6. The molecule has 1 aliphatic heterocycles. The molecule has 2 heterocycles. The van der Waals surface area contributed by atoms with Crippen LogP contribution in [0.4, 0.5) is 11.4 Å². The Morgan fingerprint density at radius 1 is 1.00 bits per heavy atom. The van der Waals surface area contributed by atoms with E-state index >= 15 is 0 Å². The molecular formula is C19H11Br2NOS2. The van der Waals surface area contributed by atoms with Crippen LogP contribution in [0.15, 0.2) is 72.7 Å². The standard InChI is InChI=1S/C19H11Br2NOS2/c20-13-10-12(24-19(13)21)6-7-16(23)11-5-8-18-15(9-11)22-14-3-1-2-4-17(14)25-18/h1-10,22H/b7-6+. The Hall–Kier alpha value is -1.34. The van der Waals surface area contributed by atoms with Crippen LogP contribution in [0.25, 0.3) is 6.08 Å². The second kappa shape index (κ2) is 7.11. The largest absolute Gasteiger partial charge is 0.354 e. The van der Waals surface area contributed by atoms with Gasteiger partial charge in [0, 0.05) is 24.7 Å². The van der Waals surface area contributed by atoms with Crippen molar-refractivity contribution in [3.8, 4) is 0 Å². The topological polar surface area (TPSA) is 29.1 Å². The van der Waals surface area contributed by atoms with Gasteiger partial charge in [0.25, 0.3) is 0 Å². The van der Waals surface area contributed by atoms with E-state index < -0.39 is 0 Å². The van der Waals surface area contributed by atoms with Crippen LogP contribution in [-0.4, -0.2) is 5.78 Å². The van der Waals surface area contributed by atoms with Crippen LogP contribution in [0.5, 0.6) is 0 Å². The van der Waals surface area contributed by atoms with Gasteiger partial charge in [0.2, 0.25) is 0 Å². The molecule has 6 heteroatoms. The lowest BCUT2D eigenvalue weighted by Gasteiger charge is -2.20. The van der Waals surface area contributed by atoms with E-state index in [-0.39, 0.29) is 5.78 Å². The maximum Gasteiger partial charge on any atom is 0.185 e. The monoisotopic (exact) mass is 491 g/mol. The Kier molecular flexibility index (Phi) is 4.86. The van der Waals surface area contributed by atoms with E-state index in [1.165, 1.54) is 4.90 Å². The number of hydrogen-bond donors (Lipinski definition) is 1. The van der Waals surface area contributed by atoms with Crippen molar-refractivity contribution in [2.24, 2.45) is 0 Å². The number of fused-ring (bicyclic) bond motifs is 2. The van der Waals surface area contributed by atoms with E-state index in [4.69, 9.17) is 0 Å². The molecule has 0 bridgehead atoms. The van der Waals surface area contributed by atoms with Crippen molar-refractivity contribution < 1.29 is 4.79 Å². The minimum absolute atomic E-state index is 0.00546. The molecule has 2 aromatic carbocycles. The summed E-state index contributed by atoms with van der Waals surface area (Å²) >= 11 is 10.2. The number of halogens is 2. The van der Waals surface area contributed by atoms with Gasteiger partial charge in [-0.25, -0.2) is 0 Å². The van der Waals surface area contributed by atoms with Gasteiger partial charge in [-0.1, -0.05) is 23.9 Å². The summed E-state index contributed by atoms with van der Waals surface area (Å²) in [6.45, 7) is 0. The Morgan fingerprint density at radius 2 is 1.80 bits per heavy atom. The summed E-state index contributed by atoms with van der Waals surface area (Å²) in [5, 5.41) is 3.41. The summed E-state index contributed by atoms with van der Waals surface area (Å²) in [4.78, 5) is 15.8. The summed E-state index contributed by atoms with van der Waals surface area (Å²) < 4.78 is 2.02. The number of carbonyl (C=O) groups excluding carboxylic acids is 1. The average molecular weight is 493 g/mol. The minimum atomic E-state index is -0.00546. The number of ketones is 1. The Balaban J connectivity index is 1.57. The fourth-order valence-corrected chi connectivity index (χ4v) is 5.45. The van der Waals surface area contributed by atoms with Gasteiger partial charge in [0.1, 0.15) is 0 Å². The van der Waals surface area contributed by atoms with Crippen LogP contribution >= 0.6 is 55.0 Å². The highest BCUT2D eigenvalue weighted by Crippen LogP contribution is 2.44. The van der Waals surface area contributed by atoms with Crippen LogP contribution in [-0.2, 0) is 0 Å². The van der Waals surface area contributed by atoms with Crippen molar-refractivity contribution in [1.29, 1.82) is 0 Å². The molecule has 124 valence electrons. The van der Waals surface area contributed by atoms with Crippen molar-refractivity contribution >= 4 is 78.2 Å². The van der Waals surface area contributed by atoms with Crippen LogP contribution in [0, 0.1) is 0 Å². The van der Waals surface area contributed by atoms with Gasteiger partial charge in [0.15, 0.2) is 5.78 Å². The average Bonchev–Trinajstić information content (AvgIpc) is 2.95. The van der Waals surface area contributed by atoms with Crippen molar-refractivity contribution in [1.82, 2.24) is 0 Å². The molecule has 1 N–H and O–H groups in total. The number of hydrogen-bond acceptors (Lipinski definition) is 4. The van der Waals surface area contributed by atoms with Gasteiger partial charge < -0.3 is 5.32 Å². The first-order chi connectivity index (χ1) is 12.1. The Bertz CT molecular complexity index is 991. The molecule has 1 aliphatic rings. The number of para-hydroxylation sites is 1. The van der Waals surface area contributed by atoms with Gasteiger partial charge in [-0.05, 0) is 80.4 Å². The summed E-state index contributed by atoms with van der Waals surface area (Å²) in [6, 6.07) is 16.0. The van der Waals surface area contributed by atoms with Gasteiger partial charge in [0.05, 0.1) is 15.2 Å². The lowest BCUT2D eigenvalue weighted by atomic mass is 10.1. The number of nitrogens with one attached hydrogen (secondary N) is 1. The molecule has 0 saturated carbocycles. The van der Waals surface area contributed by atoms with Crippen LogP contribution in [0.2, 0.25) is 0 Å². The molecular weight excluding hydrogens is 482 g/mol. The molecule has 0 aliphatic carbocycles. The van der Waals surface area contributed by atoms with E-state index in [0.717, 1.165) is 29.4 Å². The molecule has 0 fully saturated rings. The molecule has 4 rings (SSSR count). The summed E-state index contributed by atoms with van der Waals surface area (Å²) in [7, 11) is 0. The maximum atomic E-state index is 12.5. The molecule has 0 radical (unpaired) electrons. The molecule has 0 amide bonds. The minimum Gasteiger partial charge on any atom is -0.354 e. The van der Waals surface area contributed by atoms with Gasteiger partial charge in [-0.2, -0.15) is 0 Å². The fourth-order valence-electron chi connectivity index (χ4n) is 2.49. The van der Waals surface area contributed by atoms with E-state index in [1.54, 1.807) is 29.2 Å². The summed E-state index contributed by atoms with van der Waals surface area (Å²) in [5.74, 6) is -0.00546. The lowest BCUT2D eigenvalue weighted by Crippen LogP contribution is -2.02. The highest BCUT2D eigenvalue weighted by atomic mass is 79.9. The predicted molar refractivity (Wildman–Crippen MR) is 113 cm³/mol. The number of anilines is 2. The van der Waals surface area contributed by atoms with Gasteiger partial charge >= 0.3 is 0 Å². The number of carbonyl (C=O) groups is 1. The first kappa shape index (κ1) is 17.1. The van der Waals surface area contributed by atoms with Gasteiger partial charge in [-0.15, -0.1) is 11.3 Å². The third-order valence-electron chi connectivity index (χ3n) is 3.70. The summed E-state index contributed by atoms with van der Waals surface area (Å²) in [6.07, 6.45) is 3.47. The van der Waals surface area contributed by atoms with Crippen LogP contribution in [0.1, 0.15) is 15.2 Å². The molecule has 2 nitrogen and oxygen atoms in total. The zero-order chi connectivity index (χ0) is 17.4. The highest BCUT2D eigenvalue weighted by Gasteiger charge is 2.16. The van der Waals surface area contributed by atoms with Crippen molar-refractivity contribution in [2.75, 3.05) is 5.32 Å². The van der Waals surface area contributed by atoms with E-state index in [2.05, 4.69) is 43.2 Å². The second-order valence-electron chi connectivity index (χ2n) is 5.40. The highest BCUT2D eigenvalue weighted by molar-refractivity contribution is 9.13. The lowest BCUT2D eigenvalue weighted by molar-refractivity contribution is 0.104. The molecule has 0 atom stereocenters. The predicted octanol–water partition coefficient (Wildman–Crippen LogP) is 7.38. The first-order valence-corrected chi connectivity index (χ1v) is 10.7. The Labute approximate surface area is 170 Å². The van der Waals surface area contributed by atoms with Crippen LogP contribution < -0.4 is 5.32 Å². The molecule has 3 aromatic rings. The SMILES string of the molecule is O=C(/C=C/c1cc(Br)c(Br)s1)c1ccc2c(c1)Nc1ccccc1S2. The quantitative estimate of drug-likeness (QED) is 0.239. The van der Waals surface area contributed by atoms with E-state index in [9.17, 15) is 4.79 Å². The summed E-state index contributed by atoms with van der Waals surface area (Å²) in [5.41, 5.74) is 2.73. The smallest absolute Gasteiger partial charge is 0.185 e. The number of thiophene rings is 1. The number of benzene rings is 2. The van der Waals surface area contributed by atoms with Crippen LogP contribution in [0.3, 0.4) is 0 Å². The Morgan fingerprint density at radius 3 is 2.60 bits per heavy atom. The third kappa shape index (κ3) is 3.62. The fraction of sp³-hybridized carbons (Fsp3) is 0. The second-order valence-corrected chi connectivity index (χ2v) is 9.74. The van der Waals surface area contributed by atoms with Crippen molar-refractivity contribution in [3.05, 3.63) is 73.3 Å². The first-order valence-electron chi connectivity index (χ1n) is 7.45. The van der Waals surface area contributed by atoms with Gasteiger partial charge in [-0.3, -0.25) is 4.79 Å². The molecule has 0 unspecified atom stereocenters. The number of allylic oxidation sites excluding steroid dienone is 1. The van der Waals surface area contributed by atoms with E-state index in [1.807, 2.05) is 48.5 Å². The number of rotatable bonds is 3. The van der Waals surface area contributed by atoms with Crippen molar-refractivity contribution in [3.63, 3.8) is 0 Å². The molecule has 25 heavy (non-hydrogen) atoms. The van der Waals surface area contributed by atoms with Crippen molar-refractivity contribution in [2.45, 2.75) is 9.79 Å². The maximum absolute atomic E-state index is 12.5. The molecule has 0 spiro atoms. The zero-order valence-electron chi connectivity index (χ0n) is 12.8. The molecule has 1 aromatic heterocycles. The van der Waals surface area contributed by atoms with E-state index in [0.29, 0.717) is 5.56 Å². The molecule has 0 saturated heterocycles. The zero-order valence-corrected chi connectivity index (χ0v) is 17.6. The third-order valence-corrected chi connectivity index (χ3v) is 8.08.